The Bertz CT molecular complexity index is 630. The molecule has 0 atom stereocenters. The van der Waals surface area contributed by atoms with Crippen LogP contribution in [0, 0.1) is 0 Å². The number of methoxy groups -OCH3 is 1. The van der Waals surface area contributed by atoms with E-state index in [1.54, 1.807) is 13.2 Å². The highest BCUT2D eigenvalue weighted by molar-refractivity contribution is 6.10. The maximum absolute atomic E-state index is 11.9. The Morgan fingerprint density at radius 3 is 2.75 bits per heavy atom. The van der Waals surface area contributed by atoms with E-state index in [4.69, 9.17) is 9.15 Å². The third-order valence-electron chi connectivity index (χ3n) is 2.93. The van der Waals surface area contributed by atoms with Crippen molar-refractivity contribution in [3.05, 3.63) is 30.0 Å². The Morgan fingerprint density at radius 2 is 2.05 bits per heavy atom. The maximum Gasteiger partial charge on any atom is 0.224 e. The molecular formula is C15H17NO4. The van der Waals surface area contributed by atoms with Crippen molar-refractivity contribution in [2.24, 2.45) is 0 Å². The molecule has 0 spiro atoms. The molecule has 0 radical (unpaired) electrons. The van der Waals surface area contributed by atoms with Crippen molar-refractivity contribution in [3.8, 4) is 0 Å². The van der Waals surface area contributed by atoms with Crippen LogP contribution in [-0.4, -0.2) is 25.4 Å². The molecule has 5 nitrogen and oxygen atoms in total. The topological polar surface area (TPSA) is 68.5 Å². The highest BCUT2D eigenvalue weighted by Crippen LogP contribution is 2.31. The van der Waals surface area contributed by atoms with Crippen molar-refractivity contribution in [2.45, 2.75) is 19.8 Å². The molecular weight excluding hydrogens is 258 g/mol. The zero-order valence-corrected chi connectivity index (χ0v) is 11.6. The number of carbonyl (C=O) groups is 2. The van der Waals surface area contributed by atoms with E-state index in [1.807, 2.05) is 18.2 Å². The number of nitrogens with one attached hydrogen (secondary N) is 1. The maximum atomic E-state index is 11.9. The van der Waals surface area contributed by atoms with Gasteiger partial charge in [-0.2, -0.15) is 0 Å². The number of hydrogen-bond donors (Lipinski definition) is 1. The highest BCUT2D eigenvalue weighted by Gasteiger charge is 2.19. The van der Waals surface area contributed by atoms with Gasteiger partial charge in [-0.3, -0.25) is 9.59 Å². The summed E-state index contributed by atoms with van der Waals surface area (Å²) in [7, 11) is 1.59. The zero-order chi connectivity index (χ0) is 14.5. The van der Waals surface area contributed by atoms with Gasteiger partial charge in [-0.05, 0) is 18.6 Å². The summed E-state index contributed by atoms with van der Waals surface area (Å²) >= 11 is 0. The summed E-state index contributed by atoms with van der Waals surface area (Å²) in [6.45, 7) is 1.94. The van der Waals surface area contributed by atoms with Gasteiger partial charge in [0.15, 0.2) is 11.5 Å². The van der Waals surface area contributed by atoms with E-state index in [0.29, 0.717) is 30.7 Å². The standard InChI is InChI=1S/C15H17NO4/c1-10(17)15-14(16-13(18)8-5-9-19-2)11-6-3-4-7-12(11)20-15/h3-4,6-7H,5,8-9H2,1-2H3,(H,16,18). The monoisotopic (exact) mass is 275 g/mol. The summed E-state index contributed by atoms with van der Waals surface area (Å²) in [5.41, 5.74) is 1.04. The molecule has 0 fully saturated rings. The zero-order valence-electron chi connectivity index (χ0n) is 11.6. The van der Waals surface area contributed by atoms with Gasteiger partial charge in [0, 0.05) is 32.4 Å². The number of anilines is 1. The van der Waals surface area contributed by atoms with E-state index in [0.717, 1.165) is 5.39 Å². The third kappa shape index (κ3) is 3.05. The SMILES string of the molecule is COCCCC(=O)Nc1c(C(C)=O)oc2ccccc12. The molecule has 0 aliphatic rings. The van der Waals surface area contributed by atoms with Gasteiger partial charge in [0.05, 0.1) is 5.69 Å². The number of fused-ring (bicyclic) bond motifs is 1. The summed E-state index contributed by atoms with van der Waals surface area (Å²) < 4.78 is 10.4. The van der Waals surface area contributed by atoms with E-state index >= 15 is 0 Å². The first-order chi connectivity index (χ1) is 9.63. The number of rotatable bonds is 6. The van der Waals surface area contributed by atoms with Crippen LogP contribution >= 0.6 is 0 Å². The summed E-state index contributed by atoms with van der Waals surface area (Å²) in [6, 6.07) is 7.24. The van der Waals surface area contributed by atoms with Gasteiger partial charge in [-0.1, -0.05) is 12.1 Å². The Labute approximate surface area is 116 Å². The van der Waals surface area contributed by atoms with Crippen LogP contribution < -0.4 is 5.32 Å². The molecule has 1 aromatic carbocycles. The van der Waals surface area contributed by atoms with E-state index in [1.165, 1.54) is 6.92 Å². The van der Waals surface area contributed by atoms with Crippen molar-refractivity contribution < 1.29 is 18.7 Å². The lowest BCUT2D eigenvalue weighted by molar-refractivity contribution is -0.116. The molecule has 0 aliphatic heterocycles. The van der Waals surface area contributed by atoms with E-state index in [2.05, 4.69) is 5.32 Å². The first-order valence-corrected chi connectivity index (χ1v) is 6.44. The molecule has 0 unspecified atom stereocenters. The number of hydrogen-bond acceptors (Lipinski definition) is 4. The van der Waals surface area contributed by atoms with Crippen LogP contribution in [-0.2, 0) is 9.53 Å². The number of benzene rings is 1. The Hall–Kier alpha value is -2.14. The van der Waals surface area contributed by atoms with Gasteiger partial charge in [0.2, 0.25) is 5.91 Å². The summed E-state index contributed by atoms with van der Waals surface area (Å²) in [5.74, 6) is -0.184. The van der Waals surface area contributed by atoms with Crippen molar-refractivity contribution >= 4 is 28.3 Å². The molecule has 2 aromatic rings. The smallest absolute Gasteiger partial charge is 0.224 e. The lowest BCUT2D eigenvalue weighted by Crippen LogP contribution is -2.13. The Balaban J connectivity index is 2.25. The van der Waals surface area contributed by atoms with Gasteiger partial charge >= 0.3 is 0 Å². The van der Waals surface area contributed by atoms with Crippen LogP contribution in [0.1, 0.15) is 30.3 Å². The second kappa shape index (κ2) is 6.34. The average Bonchev–Trinajstić information content (AvgIpc) is 2.78. The normalized spacial score (nSPS) is 10.7. The molecule has 106 valence electrons. The number of furan rings is 1. The predicted molar refractivity (Wildman–Crippen MR) is 76.0 cm³/mol. The minimum atomic E-state index is -0.214. The van der Waals surface area contributed by atoms with Crippen LogP contribution in [0.3, 0.4) is 0 Å². The molecule has 5 heteroatoms. The summed E-state index contributed by atoms with van der Waals surface area (Å²) in [5, 5.41) is 3.50. The fourth-order valence-corrected chi connectivity index (χ4v) is 2.00. The van der Waals surface area contributed by atoms with Gasteiger partial charge in [0.1, 0.15) is 5.58 Å². The molecule has 2 rings (SSSR count). The number of amides is 1. The minimum absolute atomic E-state index is 0.156. The van der Waals surface area contributed by atoms with E-state index < -0.39 is 0 Å². The fourth-order valence-electron chi connectivity index (χ4n) is 2.00. The van der Waals surface area contributed by atoms with Crippen LogP contribution in [0.15, 0.2) is 28.7 Å². The van der Waals surface area contributed by atoms with Crippen molar-refractivity contribution in [1.82, 2.24) is 0 Å². The van der Waals surface area contributed by atoms with Gasteiger partial charge in [0.25, 0.3) is 0 Å². The van der Waals surface area contributed by atoms with E-state index in [9.17, 15) is 9.59 Å². The number of Topliss-reactive ketones (excluding diaryl/α,β-unsaturated/α-hetero) is 1. The Kier molecular flexibility index (Phi) is 4.53. The van der Waals surface area contributed by atoms with Gasteiger partial charge < -0.3 is 14.5 Å². The molecule has 0 saturated carbocycles. The number of ketones is 1. The van der Waals surface area contributed by atoms with Crippen molar-refractivity contribution in [3.63, 3.8) is 0 Å². The largest absolute Gasteiger partial charge is 0.451 e. The number of ether oxygens (including phenoxy) is 1. The average molecular weight is 275 g/mol. The number of para-hydroxylation sites is 1. The fraction of sp³-hybridized carbons (Fsp3) is 0.333. The van der Waals surface area contributed by atoms with Crippen LogP contribution in [0.5, 0.6) is 0 Å². The van der Waals surface area contributed by atoms with Gasteiger partial charge in [-0.25, -0.2) is 0 Å². The minimum Gasteiger partial charge on any atom is -0.451 e. The second-order valence-corrected chi connectivity index (χ2v) is 4.50. The van der Waals surface area contributed by atoms with E-state index in [-0.39, 0.29) is 17.5 Å². The predicted octanol–water partition coefficient (Wildman–Crippen LogP) is 3.00. The number of carbonyl (C=O) groups excluding carboxylic acids is 2. The lowest BCUT2D eigenvalue weighted by atomic mass is 10.2. The molecule has 1 N–H and O–H groups in total. The molecule has 0 aliphatic carbocycles. The van der Waals surface area contributed by atoms with Gasteiger partial charge in [-0.15, -0.1) is 0 Å². The molecule has 0 saturated heterocycles. The molecule has 1 amide bonds. The molecule has 0 bridgehead atoms. The van der Waals surface area contributed by atoms with Crippen LogP contribution in [0.4, 0.5) is 5.69 Å². The summed E-state index contributed by atoms with van der Waals surface area (Å²) in [4.78, 5) is 23.5. The Morgan fingerprint density at radius 1 is 1.30 bits per heavy atom. The van der Waals surface area contributed by atoms with Crippen molar-refractivity contribution in [2.75, 3.05) is 19.0 Å². The summed E-state index contributed by atoms with van der Waals surface area (Å²) in [6.07, 6.45) is 0.970. The van der Waals surface area contributed by atoms with Crippen LogP contribution in [0.2, 0.25) is 0 Å². The first kappa shape index (κ1) is 14.3. The third-order valence-corrected chi connectivity index (χ3v) is 2.93. The quantitative estimate of drug-likeness (QED) is 0.650. The lowest BCUT2D eigenvalue weighted by Gasteiger charge is -2.04. The highest BCUT2D eigenvalue weighted by atomic mass is 16.5. The second-order valence-electron chi connectivity index (χ2n) is 4.50. The molecule has 20 heavy (non-hydrogen) atoms. The van der Waals surface area contributed by atoms with Crippen molar-refractivity contribution in [1.29, 1.82) is 0 Å². The van der Waals surface area contributed by atoms with Crippen LogP contribution in [0.25, 0.3) is 11.0 Å². The molecule has 1 heterocycles. The molecule has 1 aromatic heterocycles. The first-order valence-electron chi connectivity index (χ1n) is 6.44.